The van der Waals surface area contributed by atoms with Gasteiger partial charge < -0.3 is 14.8 Å². The average molecular weight is 279 g/mol. The number of hydrogen-bond acceptors (Lipinski definition) is 4. The van der Waals surface area contributed by atoms with E-state index in [0.29, 0.717) is 19.1 Å². The maximum Gasteiger partial charge on any atom is 0.408 e. The Hall–Kier alpha value is -1.72. The van der Waals surface area contributed by atoms with E-state index in [1.54, 1.807) is 0 Å². The molecule has 1 atom stereocenters. The number of aromatic nitrogens is 2. The molecule has 1 aliphatic heterocycles. The third-order valence-electron chi connectivity index (χ3n) is 3.30. The van der Waals surface area contributed by atoms with Gasteiger partial charge in [0, 0.05) is 12.0 Å². The highest BCUT2D eigenvalue weighted by molar-refractivity contribution is 5.68. The molecule has 1 fully saturated rings. The first kappa shape index (κ1) is 13.3. The molecule has 6 heteroatoms. The molecule has 2 heterocycles. The normalized spacial score (nSPS) is 21.9. The van der Waals surface area contributed by atoms with Gasteiger partial charge in [0.25, 0.3) is 0 Å². The molecule has 0 bridgehead atoms. The van der Waals surface area contributed by atoms with Gasteiger partial charge in [-0.15, -0.1) is 0 Å². The Morgan fingerprint density at radius 3 is 2.90 bits per heavy atom. The molecule has 1 aliphatic carbocycles. The van der Waals surface area contributed by atoms with Crippen molar-refractivity contribution in [2.24, 2.45) is 0 Å². The van der Waals surface area contributed by atoms with Crippen molar-refractivity contribution >= 4 is 6.09 Å². The maximum atomic E-state index is 11.7. The summed E-state index contributed by atoms with van der Waals surface area (Å²) in [6.07, 6.45) is 2.02. The van der Waals surface area contributed by atoms with E-state index in [1.807, 2.05) is 31.5 Å². The molecular formula is C14H21N3O3. The van der Waals surface area contributed by atoms with E-state index in [9.17, 15) is 4.79 Å². The van der Waals surface area contributed by atoms with E-state index in [-0.39, 0.29) is 6.04 Å². The highest BCUT2D eigenvalue weighted by Crippen LogP contribution is 2.40. The molecule has 2 aliphatic rings. The van der Waals surface area contributed by atoms with Crippen molar-refractivity contribution in [1.82, 2.24) is 15.1 Å². The third-order valence-corrected chi connectivity index (χ3v) is 3.30. The first-order valence-electron chi connectivity index (χ1n) is 7.11. The molecule has 1 aromatic rings. The minimum absolute atomic E-state index is 0.107. The Labute approximate surface area is 118 Å². The standard InChI is InChI=1S/C14H21N3O3/c1-14(2,3)20-13(18)15-10-7-17-12(19-8-10)6-11(16-17)9-4-5-9/h6,9-10H,4-5,7-8H2,1-3H3,(H,15,18). The Bertz CT molecular complexity index is 514. The minimum Gasteiger partial charge on any atom is -0.476 e. The first-order valence-corrected chi connectivity index (χ1v) is 7.11. The lowest BCUT2D eigenvalue weighted by Gasteiger charge is -2.26. The Kier molecular flexibility index (Phi) is 3.11. The van der Waals surface area contributed by atoms with Crippen LogP contribution >= 0.6 is 0 Å². The van der Waals surface area contributed by atoms with E-state index in [2.05, 4.69) is 10.4 Å². The number of hydrogen-bond donors (Lipinski definition) is 1. The highest BCUT2D eigenvalue weighted by Gasteiger charge is 2.30. The van der Waals surface area contributed by atoms with Crippen LogP contribution in [0.3, 0.4) is 0 Å². The predicted octanol–water partition coefficient (Wildman–Crippen LogP) is 2.05. The van der Waals surface area contributed by atoms with Crippen LogP contribution in [-0.4, -0.2) is 34.1 Å². The van der Waals surface area contributed by atoms with Crippen LogP contribution in [0.15, 0.2) is 6.07 Å². The number of amides is 1. The number of fused-ring (bicyclic) bond motifs is 1. The Morgan fingerprint density at radius 2 is 2.25 bits per heavy atom. The molecule has 0 spiro atoms. The third kappa shape index (κ3) is 3.05. The van der Waals surface area contributed by atoms with E-state index in [0.717, 1.165) is 11.6 Å². The van der Waals surface area contributed by atoms with E-state index >= 15 is 0 Å². The van der Waals surface area contributed by atoms with Gasteiger partial charge in [-0.2, -0.15) is 5.10 Å². The Balaban J connectivity index is 1.59. The summed E-state index contributed by atoms with van der Waals surface area (Å²) < 4.78 is 12.7. The molecule has 6 nitrogen and oxygen atoms in total. The Morgan fingerprint density at radius 1 is 1.50 bits per heavy atom. The quantitative estimate of drug-likeness (QED) is 0.899. The molecule has 1 amide bonds. The molecule has 20 heavy (non-hydrogen) atoms. The fourth-order valence-corrected chi connectivity index (χ4v) is 2.25. The summed E-state index contributed by atoms with van der Waals surface area (Å²) in [6, 6.07) is 1.91. The number of rotatable bonds is 2. The van der Waals surface area contributed by atoms with Gasteiger partial charge in [-0.1, -0.05) is 0 Å². The van der Waals surface area contributed by atoms with Gasteiger partial charge in [0.05, 0.1) is 18.3 Å². The molecule has 110 valence electrons. The molecule has 0 aromatic carbocycles. The van der Waals surface area contributed by atoms with Crippen LogP contribution in [0.1, 0.15) is 45.2 Å². The van der Waals surface area contributed by atoms with Gasteiger partial charge in [0.15, 0.2) is 0 Å². The highest BCUT2D eigenvalue weighted by atomic mass is 16.6. The van der Waals surface area contributed by atoms with Crippen molar-refractivity contribution < 1.29 is 14.3 Å². The van der Waals surface area contributed by atoms with E-state index < -0.39 is 11.7 Å². The summed E-state index contributed by atoms with van der Waals surface area (Å²) in [5.41, 5.74) is 0.619. The number of nitrogens with zero attached hydrogens (tertiary/aromatic N) is 2. The van der Waals surface area contributed by atoms with Crippen LogP contribution in [0.4, 0.5) is 4.79 Å². The van der Waals surface area contributed by atoms with Crippen molar-refractivity contribution in [2.75, 3.05) is 6.61 Å². The lowest BCUT2D eigenvalue weighted by Crippen LogP contribution is -2.46. The maximum absolute atomic E-state index is 11.7. The van der Waals surface area contributed by atoms with E-state index in [1.165, 1.54) is 12.8 Å². The van der Waals surface area contributed by atoms with Gasteiger partial charge in [-0.3, -0.25) is 0 Å². The van der Waals surface area contributed by atoms with Crippen molar-refractivity contribution in [2.45, 2.75) is 57.7 Å². The topological polar surface area (TPSA) is 65.4 Å². The number of nitrogens with one attached hydrogen (secondary N) is 1. The SMILES string of the molecule is CC(C)(C)OC(=O)NC1COc2cc(C3CC3)nn2C1. The van der Waals surface area contributed by atoms with Gasteiger partial charge in [0.2, 0.25) is 5.88 Å². The fourth-order valence-electron chi connectivity index (χ4n) is 2.25. The zero-order valence-corrected chi connectivity index (χ0v) is 12.2. The summed E-state index contributed by atoms with van der Waals surface area (Å²) >= 11 is 0. The second kappa shape index (κ2) is 4.68. The van der Waals surface area contributed by atoms with Gasteiger partial charge in [0.1, 0.15) is 12.2 Å². The summed E-state index contributed by atoms with van der Waals surface area (Å²) in [5.74, 6) is 1.41. The number of carbonyl (C=O) groups is 1. The summed E-state index contributed by atoms with van der Waals surface area (Å²) in [6.45, 7) is 6.61. The van der Waals surface area contributed by atoms with Crippen molar-refractivity contribution in [3.05, 3.63) is 11.8 Å². The molecule has 1 unspecified atom stereocenters. The van der Waals surface area contributed by atoms with Crippen molar-refractivity contribution in [1.29, 1.82) is 0 Å². The zero-order chi connectivity index (χ0) is 14.3. The van der Waals surface area contributed by atoms with Gasteiger partial charge in [-0.05, 0) is 33.6 Å². The predicted molar refractivity (Wildman–Crippen MR) is 72.9 cm³/mol. The zero-order valence-electron chi connectivity index (χ0n) is 12.2. The summed E-state index contributed by atoms with van der Waals surface area (Å²) in [4.78, 5) is 11.7. The molecule has 1 aromatic heterocycles. The number of carbonyl (C=O) groups excluding carboxylic acids is 1. The van der Waals surface area contributed by atoms with Crippen LogP contribution in [0, 0.1) is 0 Å². The monoisotopic (exact) mass is 279 g/mol. The fraction of sp³-hybridized carbons (Fsp3) is 0.714. The molecule has 1 saturated carbocycles. The summed E-state index contributed by atoms with van der Waals surface area (Å²) in [7, 11) is 0. The minimum atomic E-state index is -0.490. The lowest BCUT2D eigenvalue weighted by atomic mass is 10.2. The van der Waals surface area contributed by atoms with Crippen LogP contribution in [-0.2, 0) is 11.3 Å². The van der Waals surface area contributed by atoms with Crippen molar-refractivity contribution in [3.63, 3.8) is 0 Å². The van der Waals surface area contributed by atoms with Gasteiger partial charge >= 0.3 is 6.09 Å². The largest absolute Gasteiger partial charge is 0.476 e. The van der Waals surface area contributed by atoms with Crippen LogP contribution in [0.5, 0.6) is 5.88 Å². The van der Waals surface area contributed by atoms with E-state index in [4.69, 9.17) is 9.47 Å². The van der Waals surface area contributed by atoms with Crippen LogP contribution < -0.4 is 10.1 Å². The molecule has 0 saturated heterocycles. The number of alkyl carbamates (subject to hydrolysis) is 1. The lowest BCUT2D eigenvalue weighted by molar-refractivity contribution is 0.0461. The number of ether oxygens (including phenoxy) is 2. The molecular weight excluding hydrogens is 258 g/mol. The first-order chi connectivity index (χ1) is 9.40. The van der Waals surface area contributed by atoms with Crippen molar-refractivity contribution in [3.8, 4) is 5.88 Å². The van der Waals surface area contributed by atoms with Gasteiger partial charge in [-0.25, -0.2) is 9.48 Å². The molecule has 0 radical (unpaired) electrons. The average Bonchev–Trinajstić information content (AvgIpc) is 3.07. The second-order valence-corrected chi connectivity index (χ2v) is 6.52. The smallest absolute Gasteiger partial charge is 0.408 e. The van der Waals surface area contributed by atoms with Crippen LogP contribution in [0.25, 0.3) is 0 Å². The molecule has 3 rings (SSSR count). The van der Waals surface area contributed by atoms with Crippen LogP contribution in [0.2, 0.25) is 0 Å². The molecule has 1 N–H and O–H groups in total. The second-order valence-electron chi connectivity index (χ2n) is 6.52. The summed E-state index contributed by atoms with van der Waals surface area (Å²) in [5, 5.41) is 7.37.